The fraction of sp³-hybridized carbons (Fsp3) is 0. The summed E-state index contributed by atoms with van der Waals surface area (Å²) in [6.07, 6.45) is 1.39. The number of nitro groups is 2. The molecule has 0 unspecified atom stereocenters. The van der Waals surface area contributed by atoms with Gasteiger partial charge in [0.2, 0.25) is 0 Å². The van der Waals surface area contributed by atoms with Crippen molar-refractivity contribution in [2.75, 3.05) is 5.43 Å². The Morgan fingerprint density at radius 2 is 1.86 bits per heavy atom. The van der Waals surface area contributed by atoms with Crippen molar-refractivity contribution >= 4 is 39.2 Å². The van der Waals surface area contributed by atoms with Crippen molar-refractivity contribution in [1.29, 1.82) is 0 Å². The first-order valence-corrected chi connectivity index (χ1v) is 6.74. The molecule has 0 saturated heterocycles. The topological polar surface area (TPSA) is 111 Å². The number of benzene rings is 2. The molecule has 0 aromatic heterocycles. The lowest BCUT2D eigenvalue weighted by Gasteiger charge is -2.00. The molecule has 112 valence electrons. The molecule has 8 nitrogen and oxygen atoms in total. The summed E-state index contributed by atoms with van der Waals surface area (Å²) in [7, 11) is 0. The monoisotopic (exact) mass is 364 g/mol. The molecule has 0 saturated carbocycles. The van der Waals surface area contributed by atoms with E-state index in [1.54, 1.807) is 18.2 Å². The molecule has 0 spiro atoms. The smallest absolute Gasteiger partial charge is 0.278 e. The van der Waals surface area contributed by atoms with E-state index in [9.17, 15) is 20.2 Å². The number of nitrogens with one attached hydrogen (secondary N) is 1. The highest BCUT2D eigenvalue weighted by Crippen LogP contribution is 2.25. The van der Waals surface area contributed by atoms with Gasteiger partial charge in [0, 0.05) is 23.8 Å². The number of rotatable bonds is 5. The highest BCUT2D eigenvalue weighted by Gasteiger charge is 2.11. The van der Waals surface area contributed by atoms with Crippen LogP contribution in [0.25, 0.3) is 0 Å². The summed E-state index contributed by atoms with van der Waals surface area (Å²) in [5, 5.41) is 25.4. The largest absolute Gasteiger partial charge is 0.284 e. The van der Waals surface area contributed by atoms with Gasteiger partial charge < -0.3 is 0 Å². The van der Waals surface area contributed by atoms with Gasteiger partial charge in [-0.1, -0.05) is 12.1 Å². The Morgan fingerprint density at radius 3 is 2.55 bits per heavy atom. The second kappa shape index (κ2) is 6.76. The number of hydrogen-bond donors (Lipinski definition) is 1. The van der Waals surface area contributed by atoms with E-state index >= 15 is 0 Å². The molecular weight excluding hydrogens is 356 g/mol. The highest BCUT2D eigenvalue weighted by atomic mass is 79.9. The zero-order valence-electron chi connectivity index (χ0n) is 11.0. The fourth-order valence-electron chi connectivity index (χ4n) is 1.62. The fourth-order valence-corrected chi connectivity index (χ4v) is 2.01. The third-order valence-corrected chi connectivity index (χ3v) is 3.30. The standard InChI is InChI=1S/C13H9BrN4O4/c14-12-5-4-9(6-13(12)18(21)22)8-15-16-10-2-1-3-11(7-10)17(19)20/h1-8,16H/b15-8-. The molecule has 0 fully saturated rings. The quantitative estimate of drug-likeness (QED) is 0.493. The SMILES string of the molecule is O=[N+]([O-])c1cccc(N/N=C\c2ccc(Br)c([N+](=O)[O-])c2)c1. The zero-order valence-corrected chi connectivity index (χ0v) is 12.6. The molecule has 0 radical (unpaired) electrons. The molecule has 0 aliphatic heterocycles. The van der Waals surface area contributed by atoms with Gasteiger partial charge in [-0.15, -0.1) is 0 Å². The molecule has 9 heteroatoms. The van der Waals surface area contributed by atoms with Crippen LogP contribution in [0, 0.1) is 20.2 Å². The molecule has 0 heterocycles. The highest BCUT2D eigenvalue weighted by molar-refractivity contribution is 9.10. The minimum atomic E-state index is -0.507. The summed E-state index contributed by atoms with van der Waals surface area (Å²) in [5.41, 5.74) is 3.47. The van der Waals surface area contributed by atoms with E-state index in [-0.39, 0.29) is 11.4 Å². The summed E-state index contributed by atoms with van der Waals surface area (Å²) < 4.78 is 0.376. The van der Waals surface area contributed by atoms with Crippen molar-refractivity contribution in [2.45, 2.75) is 0 Å². The molecule has 22 heavy (non-hydrogen) atoms. The van der Waals surface area contributed by atoms with Crippen LogP contribution in [-0.2, 0) is 0 Å². The average molecular weight is 365 g/mol. The molecule has 2 aromatic carbocycles. The summed E-state index contributed by atoms with van der Waals surface area (Å²) in [5.74, 6) is 0. The first kappa shape index (κ1) is 15.6. The predicted octanol–water partition coefficient (Wildman–Crippen LogP) is 3.71. The number of hydrazone groups is 1. The van der Waals surface area contributed by atoms with Crippen LogP contribution in [0.5, 0.6) is 0 Å². The van der Waals surface area contributed by atoms with Crippen molar-refractivity contribution in [1.82, 2.24) is 0 Å². The minimum Gasteiger partial charge on any atom is -0.278 e. The second-order valence-corrected chi connectivity index (χ2v) is 5.00. The van der Waals surface area contributed by atoms with Crippen LogP contribution in [0.1, 0.15) is 5.56 Å². The van der Waals surface area contributed by atoms with Gasteiger partial charge in [-0.2, -0.15) is 5.10 Å². The van der Waals surface area contributed by atoms with Crippen molar-refractivity contribution in [3.05, 3.63) is 72.7 Å². The Labute approximate surface area is 132 Å². The Bertz CT molecular complexity index is 763. The molecule has 1 N–H and O–H groups in total. The number of anilines is 1. The van der Waals surface area contributed by atoms with Crippen LogP contribution in [-0.4, -0.2) is 16.1 Å². The van der Waals surface area contributed by atoms with Gasteiger partial charge in [0.25, 0.3) is 11.4 Å². The lowest BCUT2D eigenvalue weighted by Crippen LogP contribution is -1.94. The Balaban J connectivity index is 2.13. The van der Waals surface area contributed by atoms with Crippen molar-refractivity contribution in [3.8, 4) is 0 Å². The molecule has 0 atom stereocenters. The molecular formula is C13H9BrN4O4. The number of non-ortho nitro benzene ring substituents is 1. The van der Waals surface area contributed by atoms with Crippen LogP contribution < -0.4 is 5.43 Å². The molecule has 2 rings (SSSR count). The summed E-state index contributed by atoms with van der Waals surface area (Å²) in [6, 6.07) is 10.4. The summed E-state index contributed by atoms with van der Waals surface area (Å²) >= 11 is 3.09. The maximum Gasteiger partial charge on any atom is 0.284 e. The maximum absolute atomic E-state index is 10.8. The summed E-state index contributed by atoms with van der Waals surface area (Å²) in [6.45, 7) is 0. The normalized spacial score (nSPS) is 10.6. The summed E-state index contributed by atoms with van der Waals surface area (Å²) in [4.78, 5) is 20.5. The van der Waals surface area contributed by atoms with E-state index in [4.69, 9.17) is 0 Å². The number of halogens is 1. The van der Waals surface area contributed by atoms with E-state index in [1.807, 2.05) is 0 Å². The van der Waals surface area contributed by atoms with E-state index in [1.165, 1.54) is 30.5 Å². The third kappa shape index (κ3) is 3.85. The van der Waals surface area contributed by atoms with Crippen LogP contribution in [0.2, 0.25) is 0 Å². The van der Waals surface area contributed by atoms with E-state index < -0.39 is 9.85 Å². The van der Waals surface area contributed by atoms with E-state index in [2.05, 4.69) is 26.5 Å². The molecule has 0 aliphatic rings. The van der Waals surface area contributed by atoms with E-state index in [0.717, 1.165) is 0 Å². The van der Waals surface area contributed by atoms with Gasteiger partial charge in [-0.25, -0.2) is 0 Å². The molecule has 0 bridgehead atoms. The van der Waals surface area contributed by atoms with Gasteiger partial charge in [0.05, 0.1) is 26.2 Å². The Hall–Kier alpha value is -2.81. The number of nitro benzene ring substituents is 2. The van der Waals surface area contributed by atoms with Crippen LogP contribution >= 0.6 is 15.9 Å². The molecule has 0 aliphatic carbocycles. The Kier molecular flexibility index (Phi) is 4.79. The Morgan fingerprint density at radius 1 is 1.09 bits per heavy atom. The second-order valence-electron chi connectivity index (χ2n) is 4.15. The number of hydrogen-bond acceptors (Lipinski definition) is 6. The predicted molar refractivity (Wildman–Crippen MR) is 85.1 cm³/mol. The van der Waals surface area contributed by atoms with Crippen molar-refractivity contribution < 1.29 is 9.85 Å². The first-order valence-electron chi connectivity index (χ1n) is 5.95. The molecule has 0 amide bonds. The molecule has 2 aromatic rings. The lowest BCUT2D eigenvalue weighted by atomic mass is 10.2. The van der Waals surface area contributed by atoms with Gasteiger partial charge in [-0.3, -0.25) is 25.7 Å². The van der Waals surface area contributed by atoms with Crippen molar-refractivity contribution in [3.63, 3.8) is 0 Å². The van der Waals surface area contributed by atoms with Crippen LogP contribution in [0.4, 0.5) is 17.1 Å². The van der Waals surface area contributed by atoms with Gasteiger partial charge in [-0.05, 0) is 28.1 Å². The van der Waals surface area contributed by atoms with Crippen LogP contribution in [0.3, 0.4) is 0 Å². The van der Waals surface area contributed by atoms with E-state index in [0.29, 0.717) is 15.7 Å². The third-order valence-electron chi connectivity index (χ3n) is 2.63. The van der Waals surface area contributed by atoms with Gasteiger partial charge in [0.1, 0.15) is 0 Å². The van der Waals surface area contributed by atoms with Gasteiger partial charge in [0.15, 0.2) is 0 Å². The van der Waals surface area contributed by atoms with Crippen LogP contribution in [0.15, 0.2) is 52.0 Å². The minimum absolute atomic E-state index is 0.0560. The average Bonchev–Trinajstić information content (AvgIpc) is 2.49. The van der Waals surface area contributed by atoms with Gasteiger partial charge >= 0.3 is 0 Å². The van der Waals surface area contributed by atoms with Crippen molar-refractivity contribution in [2.24, 2.45) is 5.10 Å². The zero-order chi connectivity index (χ0) is 16.1. The number of nitrogens with zero attached hydrogens (tertiary/aromatic N) is 3. The maximum atomic E-state index is 10.8. The first-order chi connectivity index (χ1) is 10.5. The lowest BCUT2D eigenvalue weighted by molar-refractivity contribution is -0.385.